The lowest BCUT2D eigenvalue weighted by Gasteiger charge is -2.07. The van der Waals surface area contributed by atoms with Crippen molar-refractivity contribution in [1.82, 2.24) is 4.57 Å². The Kier molecular flexibility index (Phi) is 4.56. The number of aromatic nitrogens is 1. The Balaban J connectivity index is 2.44. The molecule has 0 saturated heterocycles. The van der Waals surface area contributed by atoms with Gasteiger partial charge in [0.25, 0.3) is 5.56 Å². The molecule has 1 heterocycles. The fraction of sp³-hybridized carbons (Fsp3) is 0.583. The van der Waals surface area contributed by atoms with Gasteiger partial charge in [0.15, 0.2) is 0 Å². The Hall–Kier alpha value is -1.09. The van der Waals surface area contributed by atoms with E-state index >= 15 is 0 Å². The Morgan fingerprint density at radius 1 is 1.47 bits per heavy atom. The minimum atomic E-state index is -0.237. The molecule has 15 heavy (non-hydrogen) atoms. The fourth-order valence-corrected chi connectivity index (χ4v) is 1.55. The molecule has 0 spiro atoms. The zero-order chi connectivity index (χ0) is 11.3. The maximum atomic E-state index is 11.6. The average molecular weight is 209 g/mol. The molecule has 0 saturated carbocycles. The highest BCUT2D eigenvalue weighted by Crippen LogP contribution is 2.01. The van der Waals surface area contributed by atoms with Crippen LogP contribution in [0.15, 0.2) is 23.1 Å². The van der Waals surface area contributed by atoms with E-state index in [4.69, 9.17) is 5.11 Å². The predicted octanol–water partition coefficient (Wildman–Crippen LogP) is 1.71. The van der Waals surface area contributed by atoms with Crippen molar-refractivity contribution < 1.29 is 5.11 Å². The summed E-state index contributed by atoms with van der Waals surface area (Å²) in [6, 6.07) is 3.72. The third-order valence-electron chi connectivity index (χ3n) is 2.48. The Morgan fingerprint density at radius 3 is 2.87 bits per heavy atom. The highest BCUT2D eigenvalue weighted by atomic mass is 16.3. The molecular weight excluding hydrogens is 190 g/mol. The molecule has 3 heteroatoms. The van der Waals surface area contributed by atoms with Crippen molar-refractivity contribution in [3.05, 3.63) is 34.2 Å². The van der Waals surface area contributed by atoms with Gasteiger partial charge in [-0.3, -0.25) is 4.79 Å². The van der Waals surface area contributed by atoms with Crippen molar-refractivity contribution in [3.63, 3.8) is 0 Å². The molecule has 1 aromatic heterocycles. The highest BCUT2D eigenvalue weighted by Gasteiger charge is 1.99. The molecule has 1 atom stereocenters. The van der Waals surface area contributed by atoms with Crippen molar-refractivity contribution in [2.24, 2.45) is 0 Å². The third kappa shape index (κ3) is 3.88. The molecule has 1 rings (SSSR count). The molecule has 0 aliphatic carbocycles. The molecule has 0 aliphatic heterocycles. The lowest BCUT2D eigenvalue weighted by atomic mass is 10.2. The molecule has 0 radical (unpaired) electrons. The van der Waals surface area contributed by atoms with E-state index < -0.39 is 0 Å². The van der Waals surface area contributed by atoms with Gasteiger partial charge >= 0.3 is 0 Å². The van der Waals surface area contributed by atoms with Crippen molar-refractivity contribution in [1.29, 1.82) is 0 Å². The van der Waals surface area contributed by atoms with Crippen LogP contribution in [0.1, 0.15) is 31.7 Å². The number of pyridine rings is 1. The van der Waals surface area contributed by atoms with Gasteiger partial charge in [-0.2, -0.15) is 0 Å². The lowest BCUT2D eigenvalue weighted by Crippen LogP contribution is -2.21. The van der Waals surface area contributed by atoms with Crippen LogP contribution >= 0.6 is 0 Å². The van der Waals surface area contributed by atoms with Crippen molar-refractivity contribution in [2.75, 3.05) is 0 Å². The van der Waals surface area contributed by atoms with Gasteiger partial charge in [0.2, 0.25) is 0 Å². The van der Waals surface area contributed by atoms with E-state index in [1.165, 1.54) is 0 Å². The van der Waals surface area contributed by atoms with E-state index in [0.717, 1.165) is 31.4 Å². The number of aryl methyl sites for hydroxylation is 2. The second-order valence-corrected chi connectivity index (χ2v) is 4.03. The summed E-state index contributed by atoms with van der Waals surface area (Å²) in [6.45, 7) is 4.36. The van der Waals surface area contributed by atoms with Crippen LogP contribution in [0.25, 0.3) is 0 Å². The molecule has 0 aromatic carbocycles. The summed E-state index contributed by atoms with van der Waals surface area (Å²) in [5.74, 6) is 0. The summed E-state index contributed by atoms with van der Waals surface area (Å²) in [5, 5.41) is 9.08. The van der Waals surface area contributed by atoms with Crippen LogP contribution < -0.4 is 5.56 Å². The van der Waals surface area contributed by atoms with E-state index in [2.05, 4.69) is 0 Å². The Morgan fingerprint density at radius 2 is 2.20 bits per heavy atom. The first kappa shape index (κ1) is 12.0. The zero-order valence-electron chi connectivity index (χ0n) is 9.44. The zero-order valence-corrected chi connectivity index (χ0v) is 9.44. The van der Waals surface area contributed by atoms with E-state index in [0.29, 0.717) is 0 Å². The van der Waals surface area contributed by atoms with E-state index in [9.17, 15) is 4.79 Å². The third-order valence-corrected chi connectivity index (χ3v) is 2.48. The number of unbranched alkanes of at least 4 members (excludes halogenated alkanes) is 1. The molecular formula is C12H19NO2. The van der Waals surface area contributed by atoms with Crippen LogP contribution in [0.2, 0.25) is 0 Å². The monoisotopic (exact) mass is 209 g/mol. The lowest BCUT2D eigenvalue weighted by molar-refractivity contribution is 0.180. The van der Waals surface area contributed by atoms with Crippen LogP contribution in [0, 0.1) is 6.92 Å². The van der Waals surface area contributed by atoms with Crippen molar-refractivity contribution >= 4 is 0 Å². The summed E-state index contributed by atoms with van der Waals surface area (Å²) < 4.78 is 1.73. The maximum Gasteiger partial charge on any atom is 0.253 e. The van der Waals surface area contributed by atoms with Gasteiger partial charge in [-0.25, -0.2) is 0 Å². The maximum absolute atomic E-state index is 11.6. The van der Waals surface area contributed by atoms with Crippen LogP contribution in [-0.4, -0.2) is 15.8 Å². The average Bonchev–Trinajstić information content (AvgIpc) is 2.18. The van der Waals surface area contributed by atoms with E-state index in [-0.39, 0.29) is 11.7 Å². The predicted molar refractivity (Wildman–Crippen MR) is 61.0 cm³/mol. The van der Waals surface area contributed by atoms with Crippen LogP contribution in [0.3, 0.4) is 0 Å². The van der Waals surface area contributed by atoms with Gasteiger partial charge in [0, 0.05) is 18.3 Å². The molecule has 0 amide bonds. The SMILES string of the molecule is Cc1cccn(CCCCC(C)O)c1=O. The number of hydrogen-bond donors (Lipinski definition) is 1. The minimum Gasteiger partial charge on any atom is -0.393 e. The second kappa shape index (κ2) is 5.71. The first-order valence-corrected chi connectivity index (χ1v) is 5.45. The van der Waals surface area contributed by atoms with Gasteiger partial charge in [-0.15, -0.1) is 0 Å². The molecule has 3 nitrogen and oxygen atoms in total. The second-order valence-electron chi connectivity index (χ2n) is 4.03. The van der Waals surface area contributed by atoms with Gasteiger partial charge in [-0.05, 0) is 39.2 Å². The molecule has 84 valence electrons. The van der Waals surface area contributed by atoms with Gasteiger partial charge in [0.1, 0.15) is 0 Å². The van der Waals surface area contributed by atoms with Crippen molar-refractivity contribution in [3.8, 4) is 0 Å². The van der Waals surface area contributed by atoms with Gasteiger partial charge in [0.05, 0.1) is 6.10 Å². The summed E-state index contributed by atoms with van der Waals surface area (Å²) >= 11 is 0. The molecule has 0 aliphatic rings. The summed E-state index contributed by atoms with van der Waals surface area (Å²) in [4.78, 5) is 11.6. The topological polar surface area (TPSA) is 42.2 Å². The first-order chi connectivity index (χ1) is 7.11. The molecule has 0 bridgehead atoms. The van der Waals surface area contributed by atoms with E-state index in [1.54, 1.807) is 11.5 Å². The molecule has 1 N–H and O–H groups in total. The number of aliphatic hydroxyl groups is 1. The Bertz CT molecular complexity index is 355. The number of hydrogen-bond acceptors (Lipinski definition) is 2. The number of aliphatic hydroxyl groups excluding tert-OH is 1. The molecule has 1 unspecified atom stereocenters. The number of nitrogens with zero attached hydrogens (tertiary/aromatic N) is 1. The Labute approximate surface area is 90.4 Å². The molecule has 0 fully saturated rings. The van der Waals surface area contributed by atoms with E-state index in [1.807, 2.05) is 25.3 Å². The summed E-state index contributed by atoms with van der Waals surface area (Å²) in [7, 11) is 0. The number of rotatable bonds is 5. The molecule has 1 aromatic rings. The first-order valence-electron chi connectivity index (χ1n) is 5.45. The van der Waals surface area contributed by atoms with Crippen LogP contribution in [0.4, 0.5) is 0 Å². The van der Waals surface area contributed by atoms with Crippen molar-refractivity contribution in [2.45, 2.75) is 45.8 Å². The standard InChI is InChI=1S/C12H19NO2/c1-10-6-5-9-13(12(10)15)8-4-3-7-11(2)14/h5-6,9,11,14H,3-4,7-8H2,1-2H3. The highest BCUT2D eigenvalue weighted by molar-refractivity contribution is 5.07. The minimum absolute atomic E-state index is 0.0922. The summed E-state index contributed by atoms with van der Waals surface area (Å²) in [6.07, 6.45) is 4.28. The summed E-state index contributed by atoms with van der Waals surface area (Å²) in [5.41, 5.74) is 0.877. The van der Waals surface area contributed by atoms with Crippen LogP contribution in [-0.2, 0) is 6.54 Å². The van der Waals surface area contributed by atoms with Crippen LogP contribution in [0.5, 0.6) is 0 Å². The van der Waals surface area contributed by atoms with Gasteiger partial charge in [-0.1, -0.05) is 6.07 Å². The largest absolute Gasteiger partial charge is 0.393 e. The van der Waals surface area contributed by atoms with Gasteiger partial charge < -0.3 is 9.67 Å². The normalized spacial score (nSPS) is 12.7. The quantitative estimate of drug-likeness (QED) is 0.750. The smallest absolute Gasteiger partial charge is 0.253 e. The fourth-order valence-electron chi connectivity index (χ4n) is 1.55.